The minimum absolute atomic E-state index is 0.0804. The van der Waals surface area contributed by atoms with E-state index < -0.39 is 78.3 Å². The molecule has 0 bridgehead atoms. The van der Waals surface area contributed by atoms with E-state index in [1.165, 1.54) is 34.5 Å². The number of nitrogens with one attached hydrogen (secondary N) is 2. The number of aliphatic hydroxyl groups is 2. The third-order valence-corrected chi connectivity index (χ3v) is 12.5. The van der Waals surface area contributed by atoms with Gasteiger partial charge in [0.2, 0.25) is 12.2 Å². The van der Waals surface area contributed by atoms with Crippen LogP contribution in [0.4, 0.5) is 10.5 Å². The van der Waals surface area contributed by atoms with E-state index in [0.29, 0.717) is 47.5 Å². The second kappa shape index (κ2) is 19.4. The van der Waals surface area contributed by atoms with Crippen LogP contribution in [-0.2, 0) is 49.2 Å². The number of primary amides is 1. The molecular weight excluding hydrogens is 861 g/mol. The van der Waals surface area contributed by atoms with Crippen molar-refractivity contribution >= 4 is 23.6 Å². The second-order valence-electron chi connectivity index (χ2n) is 16.3. The summed E-state index contributed by atoms with van der Waals surface area (Å²) < 4.78 is 60.4. The molecule has 352 valence electrons. The number of carbonyl (C=O) groups excluding carboxylic acids is 3. The van der Waals surface area contributed by atoms with E-state index in [1.54, 1.807) is 78.9 Å². The quantitative estimate of drug-likeness (QED) is 0.0697. The van der Waals surface area contributed by atoms with Crippen molar-refractivity contribution in [2.24, 2.45) is 17.4 Å². The largest absolute Gasteiger partial charge is 0.497 e. The number of ether oxygens (including phenoxy) is 10. The molecule has 11 atom stereocenters. The number of benzene rings is 4. The van der Waals surface area contributed by atoms with Gasteiger partial charge in [-0.2, -0.15) is 0 Å². The molecule has 19 heteroatoms. The number of anilines is 1. The minimum Gasteiger partial charge on any atom is -0.497 e. The number of urea groups is 1. The first-order valence-corrected chi connectivity index (χ1v) is 21.4. The van der Waals surface area contributed by atoms with Crippen LogP contribution in [0, 0.1) is 5.92 Å². The first-order valence-electron chi connectivity index (χ1n) is 21.4. The average Bonchev–Trinajstić information content (AvgIpc) is 3.99. The number of methoxy groups -OCH3 is 4. The third-order valence-electron chi connectivity index (χ3n) is 12.5. The van der Waals surface area contributed by atoms with Gasteiger partial charge in [-0.1, -0.05) is 54.6 Å². The SMILES string of the molecule is COC(=O)[C@H]1[C@@H](c2ccccc2)[C@@]2(c3ccc(OC)cc3)Oc3cc(O[C@@H]4O[C@@H]([C@H]5CO[C@H](c6ccc(NC(=O)[C@@H](N)CCCNC(N)=O)cc6)O5)CO[C@H]4OC)cc(OC)c3[C@]2(O)[C@H]1O. The van der Waals surface area contributed by atoms with Crippen LogP contribution < -0.4 is 41.0 Å². The molecule has 3 fully saturated rings. The van der Waals surface area contributed by atoms with Crippen molar-refractivity contribution in [3.8, 4) is 23.0 Å². The van der Waals surface area contributed by atoms with Crippen molar-refractivity contribution in [3.05, 3.63) is 113 Å². The fourth-order valence-corrected chi connectivity index (χ4v) is 9.40. The van der Waals surface area contributed by atoms with Crippen LogP contribution in [0.1, 0.15) is 47.3 Å². The molecule has 1 aliphatic carbocycles. The Balaban J connectivity index is 1.01. The topological polar surface area (TPSA) is 260 Å². The van der Waals surface area contributed by atoms with Gasteiger partial charge in [0.1, 0.15) is 41.3 Å². The highest BCUT2D eigenvalue weighted by molar-refractivity contribution is 5.94. The Kier molecular flexibility index (Phi) is 13.7. The van der Waals surface area contributed by atoms with Crippen LogP contribution in [0.15, 0.2) is 91.0 Å². The van der Waals surface area contributed by atoms with Gasteiger partial charge in [0.15, 0.2) is 17.5 Å². The van der Waals surface area contributed by atoms with Crippen LogP contribution in [0.25, 0.3) is 0 Å². The maximum atomic E-state index is 13.7. The second-order valence-corrected chi connectivity index (χ2v) is 16.3. The number of fused-ring (bicyclic) bond motifs is 3. The van der Waals surface area contributed by atoms with Gasteiger partial charge in [-0.05, 0) is 48.2 Å². The lowest BCUT2D eigenvalue weighted by atomic mass is 9.70. The maximum Gasteiger partial charge on any atom is 0.312 e. The van der Waals surface area contributed by atoms with Crippen molar-refractivity contribution in [2.75, 3.05) is 53.5 Å². The summed E-state index contributed by atoms with van der Waals surface area (Å²) >= 11 is 0. The zero-order valence-electron chi connectivity index (χ0n) is 36.7. The standard InChI is InChI=1S/C47H54N4O15/c1-57-29-18-14-27(15-19-29)47-37(25-9-6-5-7-10-25)36(41(54)59-3)39(52)46(47,56)38-32(58-2)21-30(22-33(38)66-47)63-44-43(60-4)62-24-35(65-44)34-23-61-42(64-34)26-12-16-28(17-13-26)51-40(53)31(48)11-8-20-50-45(49)55/h5-7,9-10,12-19,21-22,31,34-37,39,42-44,52,56H,8,11,20,23-24,48H2,1-4H3,(H,51,53)(H3,49,50,55)/t31-,34+,35+,36-,37+,39-,42-,43+,44+,46-,47+/m0/s1. The monoisotopic (exact) mass is 914 g/mol. The molecule has 4 aliphatic rings. The molecule has 0 unspecified atom stereocenters. The van der Waals surface area contributed by atoms with Crippen LogP contribution in [0.3, 0.4) is 0 Å². The molecule has 2 saturated heterocycles. The van der Waals surface area contributed by atoms with Gasteiger partial charge in [-0.15, -0.1) is 0 Å². The van der Waals surface area contributed by atoms with Crippen molar-refractivity contribution < 1.29 is 72.0 Å². The summed E-state index contributed by atoms with van der Waals surface area (Å²) in [5.41, 5.74) is 9.37. The summed E-state index contributed by atoms with van der Waals surface area (Å²) in [5.74, 6) is -2.44. The number of aliphatic hydroxyl groups excluding tert-OH is 1. The fraction of sp³-hybridized carbons (Fsp3) is 0.426. The molecule has 8 rings (SSSR count). The van der Waals surface area contributed by atoms with Crippen molar-refractivity contribution in [2.45, 2.75) is 73.2 Å². The molecule has 0 radical (unpaired) electrons. The lowest BCUT2D eigenvalue weighted by molar-refractivity contribution is -0.323. The molecular formula is C47H54N4O15. The van der Waals surface area contributed by atoms with Crippen molar-refractivity contribution in [1.29, 1.82) is 0 Å². The zero-order valence-corrected chi connectivity index (χ0v) is 36.7. The van der Waals surface area contributed by atoms with Gasteiger partial charge in [0.25, 0.3) is 6.29 Å². The molecule has 3 heterocycles. The number of nitrogens with two attached hydrogens (primary N) is 2. The fourth-order valence-electron chi connectivity index (χ4n) is 9.40. The Morgan fingerprint density at radius 2 is 1.56 bits per heavy atom. The summed E-state index contributed by atoms with van der Waals surface area (Å²) in [5, 5.41) is 30.8. The summed E-state index contributed by atoms with van der Waals surface area (Å²) in [7, 11) is 5.62. The minimum atomic E-state index is -2.28. The summed E-state index contributed by atoms with van der Waals surface area (Å²) in [6, 6.07) is 24.5. The van der Waals surface area contributed by atoms with E-state index in [-0.39, 0.29) is 41.9 Å². The van der Waals surface area contributed by atoms with Gasteiger partial charge < -0.3 is 79.7 Å². The highest BCUT2D eigenvalue weighted by Crippen LogP contribution is 2.70. The van der Waals surface area contributed by atoms with E-state index in [0.717, 1.165) is 0 Å². The van der Waals surface area contributed by atoms with Crippen LogP contribution in [0.5, 0.6) is 23.0 Å². The third kappa shape index (κ3) is 8.48. The lowest BCUT2D eigenvalue weighted by Gasteiger charge is -2.40. The number of hydrogen-bond donors (Lipinski definition) is 6. The molecule has 0 aromatic heterocycles. The molecule has 3 aliphatic heterocycles. The van der Waals surface area contributed by atoms with Gasteiger partial charge >= 0.3 is 12.0 Å². The zero-order chi connectivity index (χ0) is 46.8. The summed E-state index contributed by atoms with van der Waals surface area (Å²) in [6.07, 6.45) is -5.06. The van der Waals surface area contributed by atoms with Gasteiger partial charge in [0.05, 0.1) is 52.1 Å². The molecule has 8 N–H and O–H groups in total. The first kappa shape index (κ1) is 46.5. The predicted octanol–water partition coefficient (Wildman–Crippen LogP) is 3.05. The molecule has 0 spiro atoms. The lowest BCUT2D eigenvalue weighted by Crippen LogP contribution is -2.52. The summed E-state index contributed by atoms with van der Waals surface area (Å²) in [6.45, 7) is 0.553. The molecule has 4 aromatic carbocycles. The molecule has 19 nitrogen and oxygen atoms in total. The Hall–Kier alpha value is -6.03. The number of rotatable bonds is 16. The smallest absolute Gasteiger partial charge is 0.312 e. The van der Waals surface area contributed by atoms with Gasteiger partial charge in [0, 0.05) is 43.0 Å². The number of esters is 1. The molecule has 4 aromatic rings. The van der Waals surface area contributed by atoms with Crippen molar-refractivity contribution in [3.63, 3.8) is 0 Å². The number of carbonyl (C=O) groups is 3. The highest BCUT2D eigenvalue weighted by atomic mass is 16.8. The number of hydrogen-bond acceptors (Lipinski definition) is 16. The van der Waals surface area contributed by atoms with E-state index in [9.17, 15) is 24.6 Å². The van der Waals surface area contributed by atoms with Gasteiger partial charge in [-0.25, -0.2) is 4.79 Å². The van der Waals surface area contributed by atoms with E-state index in [1.807, 2.05) is 6.07 Å². The highest BCUT2D eigenvalue weighted by Gasteiger charge is 2.78. The van der Waals surface area contributed by atoms with E-state index in [2.05, 4.69) is 10.6 Å². The van der Waals surface area contributed by atoms with E-state index in [4.69, 9.17) is 58.8 Å². The molecule has 66 heavy (non-hydrogen) atoms. The molecule has 3 amide bonds. The summed E-state index contributed by atoms with van der Waals surface area (Å²) in [4.78, 5) is 37.2. The van der Waals surface area contributed by atoms with Crippen LogP contribution in [-0.4, -0.2) is 113 Å². The Morgan fingerprint density at radius 3 is 2.23 bits per heavy atom. The van der Waals surface area contributed by atoms with Crippen LogP contribution in [0.2, 0.25) is 0 Å². The predicted molar refractivity (Wildman–Crippen MR) is 232 cm³/mol. The Morgan fingerprint density at radius 1 is 0.848 bits per heavy atom. The van der Waals surface area contributed by atoms with Gasteiger partial charge in [-0.3, -0.25) is 9.59 Å². The normalized spacial score (nSPS) is 29.1. The van der Waals surface area contributed by atoms with Crippen LogP contribution >= 0.6 is 0 Å². The molecule has 1 saturated carbocycles. The Labute approximate surface area is 380 Å². The maximum absolute atomic E-state index is 13.7. The number of amides is 3. The Bertz CT molecular complexity index is 2360. The van der Waals surface area contributed by atoms with Crippen molar-refractivity contribution in [1.82, 2.24) is 5.32 Å². The van der Waals surface area contributed by atoms with E-state index >= 15 is 0 Å². The average molecular weight is 915 g/mol. The first-order chi connectivity index (χ1) is 31.9.